The molecule has 1 aliphatic carbocycles. The largest absolute Gasteiger partial charge is 0.384 e. The molecule has 14 heavy (non-hydrogen) atoms. The highest BCUT2D eigenvalue weighted by Crippen LogP contribution is 2.28. The van der Waals surface area contributed by atoms with Gasteiger partial charge >= 0.3 is 0 Å². The molecule has 0 N–H and O–H groups in total. The Hall–Kier alpha value is -1.15. The minimum Gasteiger partial charge on any atom is -0.384 e. The van der Waals surface area contributed by atoms with Gasteiger partial charge in [-0.25, -0.2) is 0 Å². The molecule has 1 aliphatic rings. The Labute approximate surface area is 83.9 Å². The first-order chi connectivity index (χ1) is 6.83. The van der Waals surface area contributed by atoms with Crippen molar-refractivity contribution in [2.75, 3.05) is 13.7 Å². The number of Topliss-reactive ketones (excluding diaryl/α,β-unsaturated/α-hetero) is 1. The molecular weight excluding hydrogens is 176 g/mol. The van der Waals surface area contributed by atoms with E-state index in [0.717, 1.165) is 12.0 Å². The van der Waals surface area contributed by atoms with E-state index in [1.165, 1.54) is 5.56 Å². The summed E-state index contributed by atoms with van der Waals surface area (Å²) in [6, 6.07) is 8.15. The lowest BCUT2D eigenvalue weighted by Crippen LogP contribution is -2.23. The van der Waals surface area contributed by atoms with Crippen LogP contribution in [0.5, 0.6) is 0 Å². The third-order valence-electron chi connectivity index (χ3n) is 2.79. The fourth-order valence-electron chi connectivity index (χ4n) is 2.06. The smallest absolute Gasteiger partial charge is 0.142 e. The van der Waals surface area contributed by atoms with E-state index in [2.05, 4.69) is 6.07 Å². The van der Waals surface area contributed by atoms with Gasteiger partial charge < -0.3 is 4.74 Å². The molecular formula is C12H14O2. The van der Waals surface area contributed by atoms with E-state index in [1.807, 2.05) is 18.2 Å². The number of benzene rings is 1. The van der Waals surface area contributed by atoms with Gasteiger partial charge in [0.05, 0.1) is 12.5 Å². The van der Waals surface area contributed by atoms with Crippen LogP contribution in [-0.2, 0) is 16.0 Å². The Morgan fingerprint density at radius 1 is 1.36 bits per heavy atom. The number of methoxy groups -OCH3 is 1. The van der Waals surface area contributed by atoms with Crippen molar-refractivity contribution in [3.05, 3.63) is 35.4 Å². The highest BCUT2D eigenvalue weighted by molar-refractivity contribution is 5.88. The third kappa shape index (κ3) is 1.58. The van der Waals surface area contributed by atoms with Crippen LogP contribution in [0.3, 0.4) is 0 Å². The maximum absolute atomic E-state index is 11.7. The van der Waals surface area contributed by atoms with E-state index in [9.17, 15) is 4.79 Å². The van der Waals surface area contributed by atoms with Crippen molar-refractivity contribution in [3.63, 3.8) is 0 Å². The minimum absolute atomic E-state index is 0.0371. The van der Waals surface area contributed by atoms with Gasteiger partial charge in [0, 0.05) is 13.5 Å². The number of fused-ring (bicyclic) bond motifs is 1. The molecule has 0 aliphatic heterocycles. The maximum atomic E-state index is 11.7. The molecule has 1 atom stereocenters. The molecule has 0 heterocycles. The summed E-state index contributed by atoms with van der Waals surface area (Å²) in [6.45, 7) is 0.510. The second-order valence-corrected chi connectivity index (χ2v) is 3.67. The predicted octanol–water partition coefficient (Wildman–Crippen LogP) is 1.93. The lowest BCUT2D eigenvalue weighted by molar-refractivity contribution is -0.122. The molecule has 0 fully saturated rings. The molecule has 0 saturated carbocycles. The van der Waals surface area contributed by atoms with Crippen LogP contribution in [0.25, 0.3) is 0 Å². The zero-order chi connectivity index (χ0) is 9.97. The van der Waals surface area contributed by atoms with Gasteiger partial charge in [0.15, 0.2) is 0 Å². The summed E-state index contributed by atoms with van der Waals surface area (Å²) in [5, 5.41) is 0. The average Bonchev–Trinajstić information content (AvgIpc) is 2.23. The molecule has 74 valence electrons. The molecule has 0 saturated heterocycles. The van der Waals surface area contributed by atoms with Gasteiger partial charge in [-0.05, 0) is 17.5 Å². The van der Waals surface area contributed by atoms with E-state index < -0.39 is 0 Å². The molecule has 1 aromatic rings. The van der Waals surface area contributed by atoms with Crippen molar-refractivity contribution in [3.8, 4) is 0 Å². The lowest BCUT2D eigenvalue weighted by atomic mass is 9.82. The number of hydrogen-bond acceptors (Lipinski definition) is 2. The highest BCUT2D eigenvalue weighted by atomic mass is 16.5. The monoisotopic (exact) mass is 190 g/mol. The summed E-state index contributed by atoms with van der Waals surface area (Å²) < 4.78 is 5.09. The Kier molecular flexibility index (Phi) is 2.64. The number of aryl methyl sites for hydroxylation is 1. The van der Waals surface area contributed by atoms with E-state index in [-0.39, 0.29) is 5.92 Å². The van der Waals surface area contributed by atoms with Crippen molar-refractivity contribution < 1.29 is 9.53 Å². The maximum Gasteiger partial charge on any atom is 0.142 e. The topological polar surface area (TPSA) is 26.3 Å². The number of rotatable bonds is 2. The average molecular weight is 190 g/mol. The number of ether oxygens (including phenoxy) is 1. The zero-order valence-electron chi connectivity index (χ0n) is 8.32. The quantitative estimate of drug-likeness (QED) is 0.712. The summed E-state index contributed by atoms with van der Waals surface area (Å²) in [4.78, 5) is 11.7. The predicted molar refractivity (Wildman–Crippen MR) is 54.4 cm³/mol. The first-order valence-corrected chi connectivity index (χ1v) is 4.92. The molecule has 0 amide bonds. The van der Waals surface area contributed by atoms with Crippen LogP contribution in [-0.4, -0.2) is 19.5 Å². The SMILES string of the molecule is COCC1C(=O)CCc2ccccc21. The summed E-state index contributed by atoms with van der Waals surface area (Å²) in [6.07, 6.45) is 1.54. The van der Waals surface area contributed by atoms with Crippen LogP contribution in [0.1, 0.15) is 23.5 Å². The fourth-order valence-corrected chi connectivity index (χ4v) is 2.06. The van der Waals surface area contributed by atoms with Crippen LogP contribution >= 0.6 is 0 Å². The Bertz CT molecular complexity index is 344. The van der Waals surface area contributed by atoms with Crippen LogP contribution in [0.4, 0.5) is 0 Å². The molecule has 0 aromatic heterocycles. The van der Waals surface area contributed by atoms with Gasteiger partial charge in [-0.1, -0.05) is 24.3 Å². The van der Waals surface area contributed by atoms with Gasteiger partial charge in [0.25, 0.3) is 0 Å². The Morgan fingerprint density at radius 2 is 2.14 bits per heavy atom. The van der Waals surface area contributed by atoms with E-state index in [4.69, 9.17) is 4.74 Å². The summed E-state index contributed by atoms with van der Waals surface area (Å²) >= 11 is 0. The molecule has 2 nitrogen and oxygen atoms in total. The number of ketones is 1. The molecule has 1 unspecified atom stereocenters. The van der Waals surface area contributed by atoms with Gasteiger partial charge in [0.2, 0.25) is 0 Å². The summed E-state index contributed by atoms with van der Waals surface area (Å²) in [7, 11) is 1.64. The van der Waals surface area contributed by atoms with E-state index in [0.29, 0.717) is 18.8 Å². The third-order valence-corrected chi connectivity index (χ3v) is 2.79. The molecule has 0 bridgehead atoms. The van der Waals surface area contributed by atoms with Gasteiger partial charge in [-0.3, -0.25) is 4.79 Å². The fraction of sp³-hybridized carbons (Fsp3) is 0.417. The first kappa shape index (κ1) is 9.41. The minimum atomic E-state index is -0.0371. The van der Waals surface area contributed by atoms with Crippen molar-refractivity contribution in [1.82, 2.24) is 0 Å². The Balaban J connectivity index is 2.36. The standard InChI is InChI=1S/C12H14O2/c1-14-8-11-10-5-3-2-4-9(10)6-7-12(11)13/h2-5,11H,6-8H2,1H3. The van der Waals surface area contributed by atoms with Gasteiger partial charge in [0.1, 0.15) is 5.78 Å². The Morgan fingerprint density at radius 3 is 2.93 bits per heavy atom. The molecule has 1 aromatic carbocycles. The van der Waals surface area contributed by atoms with E-state index >= 15 is 0 Å². The van der Waals surface area contributed by atoms with E-state index in [1.54, 1.807) is 7.11 Å². The van der Waals surface area contributed by atoms with Gasteiger partial charge in [-0.15, -0.1) is 0 Å². The molecule has 2 heteroatoms. The van der Waals surface area contributed by atoms with Crippen LogP contribution < -0.4 is 0 Å². The van der Waals surface area contributed by atoms with Crippen molar-refractivity contribution in [2.45, 2.75) is 18.8 Å². The number of carbonyl (C=O) groups excluding carboxylic acids is 1. The van der Waals surface area contributed by atoms with Crippen LogP contribution in [0.2, 0.25) is 0 Å². The normalized spacial score (nSPS) is 20.6. The van der Waals surface area contributed by atoms with Crippen LogP contribution in [0, 0.1) is 0 Å². The molecule has 2 rings (SSSR count). The number of hydrogen-bond donors (Lipinski definition) is 0. The van der Waals surface area contributed by atoms with Crippen molar-refractivity contribution in [2.24, 2.45) is 0 Å². The molecule has 0 radical (unpaired) electrons. The lowest BCUT2D eigenvalue weighted by Gasteiger charge is -2.23. The summed E-state index contributed by atoms with van der Waals surface area (Å²) in [5.41, 5.74) is 2.46. The van der Waals surface area contributed by atoms with Crippen molar-refractivity contribution >= 4 is 5.78 Å². The second kappa shape index (κ2) is 3.93. The van der Waals surface area contributed by atoms with Crippen LogP contribution in [0.15, 0.2) is 24.3 Å². The number of carbonyl (C=O) groups is 1. The highest BCUT2D eigenvalue weighted by Gasteiger charge is 2.26. The second-order valence-electron chi connectivity index (χ2n) is 3.67. The van der Waals surface area contributed by atoms with Gasteiger partial charge in [-0.2, -0.15) is 0 Å². The summed E-state index contributed by atoms with van der Waals surface area (Å²) in [5.74, 6) is 0.274. The van der Waals surface area contributed by atoms with Crippen molar-refractivity contribution in [1.29, 1.82) is 0 Å². The zero-order valence-corrected chi connectivity index (χ0v) is 8.32. The molecule has 0 spiro atoms. The first-order valence-electron chi connectivity index (χ1n) is 4.92.